The summed E-state index contributed by atoms with van der Waals surface area (Å²) in [4.78, 5) is 27.0. The summed E-state index contributed by atoms with van der Waals surface area (Å²) in [7, 11) is 0. The third-order valence-corrected chi connectivity index (χ3v) is 3.58. The molecule has 1 aliphatic heterocycles. The van der Waals surface area contributed by atoms with Gasteiger partial charge in [-0.1, -0.05) is 13.8 Å². The Morgan fingerprint density at radius 2 is 2.00 bits per heavy atom. The number of hydrogen-bond donors (Lipinski definition) is 1. The second-order valence-electron chi connectivity index (χ2n) is 5.75. The van der Waals surface area contributed by atoms with Gasteiger partial charge in [-0.05, 0) is 31.6 Å². The molecule has 1 atom stereocenters. The van der Waals surface area contributed by atoms with Crippen LogP contribution in [0.3, 0.4) is 0 Å². The van der Waals surface area contributed by atoms with Gasteiger partial charge in [-0.25, -0.2) is 9.59 Å². The van der Waals surface area contributed by atoms with Crippen LogP contribution in [0.5, 0.6) is 0 Å². The van der Waals surface area contributed by atoms with Gasteiger partial charge in [0.05, 0.1) is 0 Å². The van der Waals surface area contributed by atoms with Gasteiger partial charge in [0.15, 0.2) is 0 Å². The highest BCUT2D eigenvalue weighted by Gasteiger charge is 2.40. The van der Waals surface area contributed by atoms with E-state index in [2.05, 4.69) is 13.8 Å². The average molecular weight is 254 g/mol. The molecule has 0 unspecified atom stereocenters. The van der Waals surface area contributed by atoms with Crippen molar-refractivity contribution < 1.29 is 14.7 Å². The zero-order valence-corrected chi connectivity index (χ0v) is 11.1. The van der Waals surface area contributed by atoms with Crippen LogP contribution < -0.4 is 0 Å². The third kappa shape index (κ3) is 2.76. The molecule has 0 aromatic heterocycles. The van der Waals surface area contributed by atoms with Gasteiger partial charge in [0.25, 0.3) is 0 Å². The maximum Gasteiger partial charge on any atom is 0.326 e. The van der Waals surface area contributed by atoms with Crippen LogP contribution in [0, 0.1) is 5.92 Å². The number of likely N-dealkylation sites (tertiary alicyclic amines) is 1. The minimum absolute atomic E-state index is 0.0731. The van der Waals surface area contributed by atoms with Crippen LogP contribution in [-0.2, 0) is 4.79 Å². The molecule has 1 N–H and O–H groups in total. The zero-order chi connectivity index (χ0) is 13.3. The average Bonchev–Trinajstić information content (AvgIpc) is 3.00. The van der Waals surface area contributed by atoms with Gasteiger partial charge in [-0.2, -0.15) is 0 Å². The lowest BCUT2D eigenvalue weighted by molar-refractivity contribution is -0.141. The highest BCUT2D eigenvalue weighted by Crippen LogP contribution is 2.30. The molecule has 1 heterocycles. The quantitative estimate of drug-likeness (QED) is 0.831. The summed E-state index contributed by atoms with van der Waals surface area (Å²) in [6.07, 6.45) is 3.50. The van der Waals surface area contributed by atoms with E-state index in [9.17, 15) is 9.59 Å². The summed E-state index contributed by atoms with van der Waals surface area (Å²) < 4.78 is 0. The highest BCUT2D eigenvalue weighted by molar-refractivity contribution is 5.83. The van der Waals surface area contributed by atoms with Crippen molar-refractivity contribution in [3.05, 3.63) is 0 Å². The minimum Gasteiger partial charge on any atom is -0.480 e. The monoisotopic (exact) mass is 254 g/mol. The lowest BCUT2D eigenvalue weighted by Crippen LogP contribution is -2.49. The second-order valence-corrected chi connectivity index (χ2v) is 5.75. The summed E-state index contributed by atoms with van der Waals surface area (Å²) in [6.45, 7) is 5.48. The van der Waals surface area contributed by atoms with Crippen molar-refractivity contribution in [1.82, 2.24) is 9.80 Å². The lowest BCUT2D eigenvalue weighted by atomic mass is 10.2. The number of carbonyl (C=O) groups excluding carboxylic acids is 1. The van der Waals surface area contributed by atoms with E-state index in [0.29, 0.717) is 24.9 Å². The molecule has 1 saturated heterocycles. The fourth-order valence-electron chi connectivity index (χ4n) is 2.58. The van der Waals surface area contributed by atoms with Crippen molar-refractivity contribution in [1.29, 1.82) is 0 Å². The summed E-state index contributed by atoms with van der Waals surface area (Å²) in [6, 6.07) is -0.350. The van der Waals surface area contributed by atoms with Gasteiger partial charge in [0, 0.05) is 19.1 Å². The molecular formula is C13H22N2O3. The van der Waals surface area contributed by atoms with Crippen molar-refractivity contribution in [2.45, 2.75) is 51.6 Å². The van der Waals surface area contributed by atoms with E-state index < -0.39 is 12.0 Å². The van der Waals surface area contributed by atoms with Crippen LogP contribution >= 0.6 is 0 Å². The highest BCUT2D eigenvalue weighted by atomic mass is 16.4. The molecule has 5 nitrogen and oxygen atoms in total. The lowest BCUT2D eigenvalue weighted by Gasteiger charge is -2.31. The molecule has 1 aliphatic carbocycles. The number of carbonyl (C=O) groups is 2. The van der Waals surface area contributed by atoms with Crippen molar-refractivity contribution in [2.24, 2.45) is 5.92 Å². The van der Waals surface area contributed by atoms with Crippen LogP contribution in [0.25, 0.3) is 0 Å². The molecular weight excluding hydrogens is 232 g/mol. The molecule has 0 bridgehead atoms. The Hall–Kier alpha value is -1.26. The molecule has 18 heavy (non-hydrogen) atoms. The molecule has 0 radical (unpaired) electrons. The topological polar surface area (TPSA) is 60.9 Å². The Morgan fingerprint density at radius 3 is 2.50 bits per heavy atom. The predicted octanol–water partition coefficient (Wildman–Crippen LogP) is 1.78. The van der Waals surface area contributed by atoms with Crippen LogP contribution in [0.1, 0.15) is 39.5 Å². The normalized spacial score (nSPS) is 23.5. The number of carboxylic acids is 1. The Bertz CT molecular complexity index is 339. The molecule has 2 aliphatic rings. The largest absolute Gasteiger partial charge is 0.480 e. The number of hydrogen-bond acceptors (Lipinski definition) is 2. The van der Waals surface area contributed by atoms with E-state index in [1.165, 1.54) is 0 Å². The van der Waals surface area contributed by atoms with Gasteiger partial charge in [-0.15, -0.1) is 0 Å². The van der Waals surface area contributed by atoms with Crippen molar-refractivity contribution in [3.8, 4) is 0 Å². The summed E-state index contributed by atoms with van der Waals surface area (Å²) in [5, 5.41) is 9.14. The van der Waals surface area contributed by atoms with Gasteiger partial charge in [-0.3, -0.25) is 0 Å². The van der Waals surface area contributed by atoms with E-state index >= 15 is 0 Å². The van der Waals surface area contributed by atoms with Crippen LogP contribution in [-0.4, -0.2) is 52.1 Å². The molecule has 2 amide bonds. The molecule has 1 saturated carbocycles. The summed E-state index contributed by atoms with van der Waals surface area (Å²) in [5.74, 6) is -0.457. The SMILES string of the molecule is CC(C)CN(C(=O)N1CCC[C@@H]1C(=O)O)C1CC1. The van der Waals surface area contributed by atoms with E-state index in [1.807, 2.05) is 4.90 Å². The van der Waals surface area contributed by atoms with Crippen molar-refractivity contribution >= 4 is 12.0 Å². The molecule has 5 heteroatoms. The summed E-state index contributed by atoms with van der Waals surface area (Å²) >= 11 is 0. The minimum atomic E-state index is -0.874. The molecule has 0 spiro atoms. The van der Waals surface area contributed by atoms with Gasteiger partial charge < -0.3 is 14.9 Å². The standard InChI is InChI=1S/C13H22N2O3/c1-9(2)8-15(10-5-6-10)13(18)14-7-3-4-11(14)12(16)17/h9-11H,3-8H2,1-2H3,(H,16,17)/t11-/m1/s1. The number of carboxylic acid groups (broad SMARTS) is 1. The number of urea groups is 1. The third-order valence-electron chi connectivity index (χ3n) is 3.58. The maximum absolute atomic E-state index is 12.5. The Morgan fingerprint density at radius 1 is 1.33 bits per heavy atom. The molecule has 2 fully saturated rings. The first-order valence-electron chi connectivity index (χ1n) is 6.80. The van der Waals surface area contributed by atoms with Gasteiger partial charge in [0.1, 0.15) is 6.04 Å². The molecule has 0 aromatic rings. The number of aliphatic carboxylic acids is 1. The smallest absolute Gasteiger partial charge is 0.326 e. The Kier molecular flexibility index (Phi) is 3.78. The van der Waals surface area contributed by atoms with E-state index in [-0.39, 0.29) is 6.03 Å². The van der Waals surface area contributed by atoms with Crippen LogP contribution in [0.4, 0.5) is 4.79 Å². The number of amides is 2. The first-order chi connectivity index (χ1) is 8.50. The van der Waals surface area contributed by atoms with E-state index in [4.69, 9.17) is 5.11 Å². The predicted molar refractivity (Wildman–Crippen MR) is 67.3 cm³/mol. The van der Waals surface area contributed by atoms with Crippen LogP contribution in [0.15, 0.2) is 0 Å². The Balaban J connectivity index is 2.05. The fraction of sp³-hybridized carbons (Fsp3) is 0.846. The first-order valence-corrected chi connectivity index (χ1v) is 6.80. The van der Waals surface area contributed by atoms with E-state index in [0.717, 1.165) is 25.8 Å². The van der Waals surface area contributed by atoms with E-state index in [1.54, 1.807) is 4.90 Å². The number of rotatable bonds is 4. The van der Waals surface area contributed by atoms with Crippen LogP contribution in [0.2, 0.25) is 0 Å². The fourth-order valence-corrected chi connectivity index (χ4v) is 2.58. The van der Waals surface area contributed by atoms with Gasteiger partial charge >= 0.3 is 12.0 Å². The van der Waals surface area contributed by atoms with Crippen molar-refractivity contribution in [3.63, 3.8) is 0 Å². The summed E-state index contributed by atoms with van der Waals surface area (Å²) in [5.41, 5.74) is 0. The molecule has 102 valence electrons. The Labute approximate surface area is 108 Å². The van der Waals surface area contributed by atoms with Gasteiger partial charge in [0.2, 0.25) is 0 Å². The second kappa shape index (κ2) is 5.16. The van der Waals surface area contributed by atoms with Crippen molar-refractivity contribution in [2.75, 3.05) is 13.1 Å². The maximum atomic E-state index is 12.5. The first kappa shape index (κ1) is 13.2. The zero-order valence-electron chi connectivity index (χ0n) is 11.1. The molecule has 2 rings (SSSR count). The molecule has 0 aromatic carbocycles. The number of nitrogens with zero attached hydrogens (tertiary/aromatic N) is 2.